The first-order chi connectivity index (χ1) is 11.0. The second-order valence-corrected chi connectivity index (χ2v) is 7.15. The van der Waals surface area contributed by atoms with E-state index in [1.807, 2.05) is 25.1 Å². The first-order valence-corrected chi connectivity index (χ1v) is 8.81. The van der Waals surface area contributed by atoms with Crippen LogP contribution < -0.4 is 14.8 Å². The molecule has 0 bridgehead atoms. The van der Waals surface area contributed by atoms with Crippen molar-refractivity contribution in [3.63, 3.8) is 0 Å². The normalized spacial score (nSPS) is 11.4. The van der Waals surface area contributed by atoms with Crippen molar-refractivity contribution in [2.45, 2.75) is 24.9 Å². The van der Waals surface area contributed by atoms with E-state index in [1.54, 1.807) is 25.3 Å². The van der Waals surface area contributed by atoms with Crippen LogP contribution in [0.15, 0.2) is 47.4 Å². The fraction of sp³-hybridized carbons (Fsp3) is 0.294. The summed E-state index contributed by atoms with van der Waals surface area (Å²) in [6.45, 7) is 3.31. The largest absolute Gasteiger partial charge is 0.496 e. The minimum absolute atomic E-state index is 0.277. The molecule has 2 N–H and O–H groups in total. The number of methoxy groups -OCH3 is 1. The van der Waals surface area contributed by atoms with Crippen molar-refractivity contribution in [2.24, 2.45) is 0 Å². The molecule has 0 saturated carbocycles. The summed E-state index contributed by atoms with van der Waals surface area (Å²) >= 11 is 0. The second kappa shape index (κ2) is 7.59. The van der Waals surface area contributed by atoms with Crippen molar-refractivity contribution in [1.29, 1.82) is 0 Å². The zero-order valence-corrected chi connectivity index (χ0v) is 14.4. The Labute approximate surface area is 137 Å². The molecule has 0 amide bonds. The van der Waals surface area contributed by atoms with E-state index in [4.69, 9.17) is 4.74 Å². The summed E-state index contributed by atoms with van der Waals surface area (Å²) < 4.78 is 31.2. The monoisotopic (exact) mass is 334 g/mol. The summed E-state index contributed by atoms with van der Waals surface area (Å²) in [5, 5.41) is 3.32. The molecule has 0 aliphatic heterocycles. The lowest BCUT2D eigenvalue weighted by Crippen LogP contribution is -2.19. The average Bonchev–Trinajstić information content (AvgIpc) is 2.55. The molecule has 2 rings (SSSR count). The van der Waals surface area contributed by atoms with E-state index >= 15 is 0 Å². The molecular formula is C17H22N2O3S. The summed E-state index contributed by atoms with van der Waals surface area (Å²) in [5.74, 6) is 0.874. The molecular weight excluding hydrogens is 312 g/mol. The van der Waals surface area contributed by atoms with Crippen LogP contribution in [0.2, 0.25) is 0 Å². The number of rotatable bonds is 7. The van der Waals surface area contributed by atoms with Gasteiger partial charge in [-0.1, -0.05) is 24.3 Å². The van der Waals surface area contributed by atoms with Crippen molar-refractivity contribution in [3.8, 4) is 5.75 Å². The standard InChI is InChI=1S/C17H22N2O3S/c1-13-9-15(7-8-17(13)22-3)12-19-11-14-5-4-6-16(10-14)23(20,21)18-2/h4-10,18-19H,11-12H2,1-3H3. The molecule has 0 aromatic heterocycles. The van der Waals surface area contributed by atoms with Gasteiger partial charge in [-0.15, -0.1) is 0 Å². The van der Waals surface area contributed by atoms with Crippen LogP contribution in [-0.4, -0.2) is 22.6 Å². The van der Waals surface area contributed by atoms with Crippen LogP contribution in [0.25, 0.3) is 0 Å². The Morgan fingerprint density at radius 1 is 1.04 bits per heavy atom. The summed E-state index contributed by atoms with van der Waals surface area (Å²) in [4.78, 5) is 0.277. The van der Waals surface area contributed by atoms with E-state index in [0.29, 0.717) is 13.1 Å². The van der Waals surface area contributed by atoms with Crippen molar-refractivity contribution >= 4 is 10.0 Å². The Morgan fingerprint density at radius 3 is 2.35 bits per heavy atom. The van der Waals surface area contributed by atoms with Gasteiger partial charge in [0.25, 0.3) is 0 Å². The molecule has 0 atom stereocenters. The van der Waals surface area contributed by atoms with E-state index in [-0.39, 0.29) is 4.90 Å². The van der Waals surface area contributed by atoms with Crippen molar-refractivity contribution in [2.75, 3.05) is 14.2 Å². The molecule has 0 saturated heterocycles. The van der Waals surface area contributed by atoms with Gasteiger partial charge in [-0.05, 0) is 48.9 Å². The van der Waals surface area contributed by atoms with Gasteiger partial charge in [0.2, 0.25) is 10.0 Å². The predicted molar refractivity (Wildman–Crippen MR) is 91.0 cm³/mol. The number of benzene rings is 2. The zero-order valence-electron chi connectivity index (χ0n) is 13.6. The van der Waals surface area contributed by atoms with E-state index in [1.165, 1.54) is 7.05 Å². The second-order valence-electron chi connectivity index (χ2n) is 5.26. The third-order valence-electron chi connectivity index (χ3n) is 3.59. The highest BCUT2D eigenvalue weighted by Gasteiger charge is 2.11. The number of nitrogens with one attached hydrogen (secondary N) is 2. The molecule has 5 nitrogen and oxygen atoms in total. The summed E-state index contributed by atoms with van der Waals surface area (Å²) in [6, 6.07) is 13.0. The van der Waals surface area contributed by atoms with E-state index in [9.17, 15) is 8.42 Å². The first-order valence-electron chi connectivity index (χ1n) is 7.33. The molecule has 0 unspecified atom stereocenters. The molecule has 0 fully saturated rings. The summed E-state index contributed by atoms with van der Waals surface area (Å²) in [5.41, 5.74) is 3.17. The Hall–Kier alpha value is -1.89. The van der Waals surface area contributed by atoms with E-state index < -0.39 is 10.0 Å². The van der Waals surface area contributed by atoms with Crippen LogP contribution in [-0.2, 0) is 23.1 Å². The lowest BCUT2D eigenvalue weighted by molar-refractivity contribution is 0.411. The van der Waals surface area contributed by atoms with Crippen molar-refractivity contribution < 1.29 is 13.2 Å². The molecule has 0 aliphatic rings. The highest BCUT2D eigenvalue weighted by Crippen LogP contribution is 2.18. The van der Waals surface area contributed by atoms with Gasteiger partial charge in [-0.2, -0.15) is 0 Å². The molecule has 23 heavy (non-hydrogen) atoms. The lowest BCUT2D eigenvalue weighted by Gasteiger charge is -2.10. The van der Waals surface area contributed by atoms with Crippen LogP contribution in [0.3, 0.4) is 0 Å². The first kappa shape index (κ1) is 17.5. The molecule has 2 aromatic carbocycles. The molecule has 0 spiro atoms. The maximum absolute atomic E-state index is 11.8. The van der Waals surface area contributed by atoms with Gasteiger partial charge in [0.15, 0.2) is 0 Å². The smallest absolute Gasteiger partial charge is 0.240 e. The maximum atomic E-state index is 11.8. The van der Waals surface area contributed by atoms with Crippen LogP contribution in [0.4, 0.5) is 0 Å². The minimum atomic E-state index is -3.40. The average molecular weight is 334 g/mol. The number of sulfonamides is 1. The van der Waals surface area contributed by atoms with Crippen LogP contribution in [0, 0.1) is 6.92 Å². The molecule has 2 aromatic rings. The summed E-state index contributed by atoms with van der Waals surface area (Å²) in [7, 11) is -0.335. The highest BCUT2D eigenvalue weighted by molar-refractivity contribution is 7.89. The quantitative estimate of drug-likeness (QED) is 0.815. The summed E-state index contributed by atoms with van der Waals surface area (Å²) in [6.07, 6.45) is 0. The predicted octanol–water partition coefficient (Wildman–Crippen LogP) is 2.20. The minimum Gasteiger partial charge on any atom is -0.496 e. The SMILES string of the molecule is CNS(=O)(=O)c1cccc(CNCc2ccc(OC)c(C)c2)c1. The zero-order chi connectivity index (χ0) is 16.9. The fourth-order valence-corrected chi connectivity index (χ4v) is 3.14. The van der Waals surface area contributed by atoms with Gasteiger partial charge >= 0.3 is 0 Å². The van der Waals surface area contributed by atoms with Crippen LogP contribution in [0.1, 0.15) is 16.7 Å². The van der Waals surface area contributed by atoms with E-state index in [0.717, 1.165) is 22.4 Å². The maximum Gasteiger partial charge on any atom is 0.240 e. The Morgan fingerprint density at radius 2 is 1.74 bits per heavy atom. The molecule has 0 aliphatic carbocycles. The van der Waals surface area contributed by atoms with Gasteiger partial charge in [-0.3, -0.25) is 0 Å². The Balaban J connectivity index is 1.99. The van der Waals surface area contributed by atoms with Crippen LogP contribution >= 0.6 is 0 Å². The van der Waals surface area contributed by atoms with Gasteiger partial charge in [0.05, 0.1) is 12.0 Å². The highest BCUT2D eigenvalue weighted by atomic mass is 32.2. The Kier molecular flexibility index (Phi) is 5.76. The number of hydrogen-bond acceptors (Lipinski definition) is 4. The molecule has 0 heterocycles. The number of hydrogen-bond donors (Lipinski definition) is 2. The van der Waals surface area contributed by atoms with Crippen molar-refractivity contribution in [1.82, 2.24) is 10.0 Å². The van der Waals surface area contributed by atoms with Crippen LogP contribution in [0.5, 0.6) is 5.75 Å². The number of ether oxygens (including phenoxy) is 1. The third-order valence-corrected chi connectivity index (χ3v) is 5.01. The third kappa shape index (κ3) is 4.54. The fourth-order valence-electron chi connectivity index (χ4n) is 2.34. The molecule has 0 radical (unpaired) electrons. The molecule has 6 heteroatoms. The van der Waals surface area contributed by atoms with Gasteiger partial charge in [0, 0.05) is 13.1 Å². The van der Waals surface area contributed by atoms with Gasteiger partial charge in [0.1, 0.15) is 5.75 Å². The van der Waals surface area contributed by atoms with E-state index in [2.05, 4.69) is 16.1 Å². The lowest BCUT2D eigenvalue weighted by atomic mass is 10.1. The van der Waals surface area contributed by atoms with Gasteiger partial charge in [-0.25, -0.2) is 13.1 Å². The number of aryl methyl sites for hydroxylation is 1. The topological polar surface area (TPSA) is 67.4 Å². The molecule has 124 valence electrons. The van der Waals surface area contributed by atoms with Gasteiger partial charge < -0.3 is 10.1 Å². The van der Waals surface area contributed by atoms with Crippen molar-refractivity contribution in [3.05, 3.63) is 59.2 Å². The Bertz CT molecular complexity index is 773.